The lowest BCUT2D eigenvalue weighted by Crippen LogP contribution is -2.62. The summed E-state index contributed by atoms with van der Waals surface area (Å²) in [5.41, 5.74) is 1.31. The van der Waals surface area contributed by atoms with Gasteiger partial charge in [0.25, 0.3) is 0 Å². The number of likely N-dealkylation sites (tertiary alicyclic amines) is 1. The lowest BCUT2D eigenvalue weighted by atomic mass is 9.65. The Hall–Kier alpha value is -2.23. The third kappa shape index (κ3) is 3.60. The van der Waals surface area contributed by atoms with Gasteiger partial charge in [0.15, 0.2) is 0 Å². The van der Waals surface area contributed by atoms with Crippen LogP contribution >= 0.6 is 0 Å². The maximum absolute atomic E-state index is 14.2. The molecule has 9 heteroatoms. The number of aromatic nitrogens is 2. The van der Waals surface area contributed by atoms with Gasteiger partial charge in [-0.05, 0) is 69.3 Å². The van der Waals surface area contributed by atoms with E-state index in [-0.39, 0.29) is 17.5 Å². The molecular weight excluding hydrogens is 439 g/mol. The molecule has 1 aromatic heterocycles. The van der Waals surface area contributed by atoms with Crippen molar-refractivity contribution >= 4 is 6.01 Å². The summed E-state index contributed by atoms with van der Waals surface area (Å²) in [6, 6.07) is 6.07. The summed E-state index contributed by atoms with van der Waals surface area (Å²) in [4.78, 5) is 4.64. The summed E-state index contributed by atoms with van der Waals surface area (Å²) in [6.45, 7) is 6.11. The molecule has 0 radical (unpaired) electrons. The van der Waals surface area contributed by atoms with Gasteiger partial charge in [0.2, 0.25) is 6.39 Å². The molecule has 1 aliphatic carbocycles. The van der Waals surface area contributed by atoms with Gasteiger partial charge in [-0.25, -0.2) is 4.39 Å². The van der Waals surface area contributed by atoms with Crippen molar-refractivity contribution in [3.05, 3.63) is 36.0 Å². The molecule has 2 aromatic rings. The van der Waals surface area contributed by atoms with Gasteiger partial charge in [0.05, 0.1) is 32.9 Å². The van der Waals surface area contributed by atoms with Gasteiger partial charge in [0, 0.05) is 17.0 Å². The number of anilines is 1. The van der Waals surface area contributed by atoms with E-state index < -0.39 is 0 Å². The van der Waals surface area contributed by atoms with Crippen LogP contribution in [0.3, 0.4) is 0 Å². The zero-order valence-electron chi connectivity index (χ0n) is 19.3. The molecule has 0 N–H and O–H groups in total. The predicted molar refractivity (Wildman–Crippen MR) is 120 cm³/mol. The smallest absolute Gasteiger partial charge is 0.318 e. The molecular formula is C25H31FN4O4. The summed E-state index contributed by atoms with van der Waals surface area (Å²) < 4.78 is 37.5. The summed E-state index contributed by atoms with van der Waals surface area (Å²) in [5, 5.41) is 7.76. The first-order valence-electron chi connectivity index (χ1n) is 12.5. The largest absolute Gasteiger partial charge is 0.490 e. The van der Waals surface area contributed by atoms with E-state index in [0.29, 0.717) is 23.4 Å². The van der Waals surface area contributed by atoms with Crippen LogP contribution in [0.25, 0.3) is 0 Å². The minimum Gasteiger partial charge on any atom is -0.490 e. The van der Waals surface area contributed by atoms with Crippen molar-refractivity contribution in [3.63, 3.8) is 0 Å². The van der Waals surface area contributed by atoms with Gasteiger partial charge in [-0.15, -0.1) is 5.10 Å². The van der Waals surface area contributed by atoms with Gasteiger partial charge in [-0.2, -0.15) is 0 Å². The second-order valence-corrected chi connectivity index (χ2v) is 11.1. The predicted octanol–water partition coefficient (Wildman–Crippen LogP) is 2.99. The molecule has 5 fully saturated rings. The molecule has 182 valence electrons. The van der Waals surface area contributed by atoms with Crippen LogP contribution in [0.15, 0.2) is 29.0 Å². The van der Waals surface area contributed by atoms with E-state index in [9.17, 15) is 4.39 Å². The Labute approximate surface area is 198 Å². The fraction of sp³-hybridized carbons (Fsp3) is 0.680. The highest BCUT2D eigenvalue weighted by atomic mass is 19.1. The topological polar surface area (TPSA) is 73.1 Å². The molecule has 34 heavy (non-hydrogen) atoms. The standard InChI is InChI=1S/C25H31FN4O4/c26-18-1-2-22(34-20-9-24(10-20)14-31-15-24)21(7-18)17-3-5-29(6-4-17)19-8-25(33-11-19)12-30(13-25)23-28-27-16-32-23/h1-2,7,16-17,19-20H,3-6,8-15H2/t19-/m1/s1. The normalized spacial score (nSPS) is 28.6. The Kier molecular flexibility index (Phi) is 4.90. The van der Waals surface area contributed by atoms with Crippen molar-refractivity contribution in [3.8, 4) is 5.75 Å². The Balaban J connectivity index is 0.950. The Bertz CT molecular complexity index is 1020. The molecule has 7 rings (SSSR count). The molecule has 8 nitrogen and oxygen atoms in total. The van der Waals surface area contributed by atoms with Crippen LogP contribution in [-0.2, 0) is 9.47 Å². The quantitative estimate of drug-likeness (QED) is 0.661. The van der Waals surface area contributed by atoms with Crippen molar-refractivity contribution < 1.29 is 23.0 Å². The zero-order chi connectivity index (χ0) is 22.8. The Morgan fingerprint density at radius 1 is 1.09 bits per heavy atom. The lowest BCUT2D eigenvalue weighted by Gasteiger charge is -2.52. The number of ether oxygens (including phenoxy) is 3. The molecule has 5 heterocycles. The molecule has 1 saturated carbocycles. The van der Waals surface area contributed by atoms with E-state index in [1.54, 1.807) is 6.07 Å². The van der Waals surface area contributed by atoms with E-state index in [1.165, 1.54) is 12.5 Å². The van der Waals surface area contributed by atoms with E-state index >= 15 is 0 Å². The minimum absolute atomic E-state index is 0.0921. The molecule has 4 aliphatic heterocycles. The first-order valence-corrected chi connectivity index (χ1v) is 12.5. The lowest BCUT2D eigenvalue weighted by molar-refractivity contribution is -0.191. The number of benzene rings is 1. The highest BCUT2D eigenvalue weighted by Gasteiger charge is 2.53. The second kappa shape index (κ2) is 7.90. The third-order valence-corrected chi connectivity index (χ3v) is 8.66. The van der Waals surface area contributed by atoms with Crippen molar-refractivity contribution in [2.75, 3.05) is 50.9 Å². The van der Waals surface area contributed by atoms with Gasteiger partial charge >= 0.3 is 6.01 Å². The molecule has 0 bridgehead atoms. The van der Waals surface area contributed by atoms with Crippen LogP contribution in [0.4, 0.5) is 10.4 Å². The number of piperidine rings is 1. The first-order chi connectivity index (χ1) is 16.6. The van der Waals surface area contributed by atoms with Crippen LogP contribution in [0.5, 0.6) is 5.75 Å². The van der Waals surface area contributed by atoms with Crippen molar-refractivity contribution in [2.45, 2.75) is 55.8 Å². The maximum Gasteiger partial charge on any atom is 0.318 e. The molecule has 5 aliphatic rings. The summed E-state index contributed by atoms with van der Waals surface area (Å²) in [7, 11) is 0. The first kappa shape index (κ1) is 21.1. The SMILES string of the molecule is Fc1ccc(OC2CC3(COC3)C2)c(C2CCN([C@H]3COC4(C3)CN(c3nnco3)C4)CC2)c1. The highest BCUT2D eigenvalue weighted by Crippen LogP contribution is 2.49. The average molecular weight is 471 g/mol. The minimum atomic E-state index is -0.177. The molecule has 1 atom stereocenters. The van der Waals surface area contributed by atoms with Crippen LogP contribution in [0, 0.1) is 11.2 Å². The number of rotatable bonds is 5. The van der Waals surface area contributed by atoms with Gasteiger partial charge in [-0.3, -0.25) is 4.90 Å². The van der Waals surface area contributed by atoms with Crippen molar-refractivity contribution in [1.29, 1.82) is 0 Å². The van der Waals surface area contributed by atoms with E-state index in [4.69, 9.17) is 18.6 Å². The number of hydrogen-bond acceptors (Lipinski definition) is 8. The third-order valence-electron chi connectivity index (χ3n) is 8.66. The van der Waals surface area contributed by atoms with Crippen LogP contribution < -0.4 is 9.64 Å². The van der Waals surface area contributed by atoms with Crippen molar-refractivity contribution in [2.24, 2.45) is 5.41 Å². The Morgan fingerprint density at radius 2 is 1.91 bits per heavy atom. The van der Waals surface area contributed by atoms with Crippen LogP contribution in [0.1, 0.15) is 43.6 Å². The summed E-state index contributed by atoms with van der Waals surface area (Å²) in [6.07, 6.45) is 6.76. The second-order valence-electron chi connectivity index (χ2n) is 11.1. The van der Waals surface area contributed by atoms with E-state index in [2.05, 4.69) is 20.0 Å². The monoisotopic (exact) mass is 470 g/mol. The van der Waals surface area contributed by atoms with Crippen molar-refractivity contribution in [1.82, 2.24) is 15.1 Å². The van der Waals surface area contributed by atoms with Gasteiger partial charge in [0.1, 0.15) is 23.3 Å². The fourth-order valence-corrected chi connectivity index (χ4v) is 6.68. The van der Waals surface area contributed by atoms with Gasteiger partial charge in [-0.1, -0.05) is 5.10 Å². The van der Waals surface area contributed by atoms with Crippen LogP contribution in [-0.4, -0.2) is 78.8 Å². The van der Waals surface area contributed by atoms with E-state index in [0.717, 1.165) is 89.4 Å². The van der Waals surface area contributed by atoms with E-state index in [1.807, 2.05) is 6.07 Å². The molecule has 1 aromatic carbocycles. The summed E-state index contributed by atoms with van der Waals surface area (Å²) in [5.74, 6) is 1.03. The van der Waals surface area contributed by atoms with Gasteiger partial charge < -0.3 is 23.5 Å². The molecule has 4 saturated heterocycles. The zero-order valence-corrected chi connectivity index (χ0v) is 19.3. The molecule has 2 spiro atoms. The molecule has 0 unspecified atom stereocenters. The average Bonchev–Trinajstić information content (AvgIpc) is 3.45. The highest BCUT2D eigenvalue weighted by molar-refractivity contribution is 5.38. The van der Waals surface area contributed by atoms with Crippen LogP contribution in [0.2, 0.25) is 0 Å². The molecule has 0 amide bonds. The number of nitrogens with zero attached hydrogens (tertiary/aromatic N) is 4. The summed E-state index contributed by atoms with van der Waals surface area (Å²) >= 11 is 0. The number of halogens is 1. The number of hydrogen-bond donors (Lipinski definition) is 0. The Morgan fingerprint density at radius 3 is 2.62 bits per heavy atom. The maximum atomic E-state index is 14.2. The fourth-order valence-electron chi connectivity index (χ4n) is 6.68.